The van der Waals surface area contributed by atoms with Crippen LogP contribution in [0.5, 0.6) is 0 Å². The van der Waals surface area contributed by atoms with Crippen LogP contribution in [0.25, 0.3) is 0 Å². The van der Waals surface area contributed by atoms with Crippen LogP contribution in [0.1, 0.15) is 25.5 Å². The van der Waals surface area contributed by atoms with Crippen molar-refractivity contribution < 1.29 is 4.42 Å². The highest BCUT2D eigenvalue weighted by molar-refractivity contribution is 7.99. The third-order valence-electron chi connectivity index (χ3n) is 3.32. The molecule has 1 aromatic rings. The Hall–Kier alpha value is -0.450. The van der Waals surface area contributed by atoms with Crippen molar-refractivity contribution in [3.8, 4) is 0 Å². The first-order valence-electron chi connectivity index (χ1n) is 6.92. The predicted octanol–water partition coefficient (Wildman–Crippen LogP) is 2.29. The van der Waals surface area contributed by atoms with Crippen molar-refractivity contribution in [2.75, 3.05) is 25.4 Å². The van der Waals surface area contributed by atoms with Crippen LogP contribution in [-0.4, -0.2) is 36.7 Å². The van der Waals surface area contributed by atoms with Crippen LogP contribution in [0.15, 0.2) is 22.8 Å². The summed E-state index contributed by atoms with van der Waals surface area (Å²) in [6.45, 7) is 5.70. The molecule has 3 nitrogen and oxygen atoms in total. The van der Waals surface area contributed by atoms with E-state index in [1.807, 2.05) is 12.1 Å². The highest BCUT2D eigenvalue weighted by Crippen LogP contribution is 2.19. The lowest BCUT2D eigenvalue weighted by Gasteiger charge is -2.22. The summed E-state index contributed by atoms with van der Waals surface area (Å²) in [5, 5.41) is 7.84. The first-order chi connectivity index (χ1) is 8.84. The molecule has 4 heteroatoms. The molecule has 18 heavy (non-hydrogen) atoms. The highest BCUT2D eigenvalue weighted by atomic mass is 32.2. The summed E-state index contributed by atoms with van der Waals surface area (Å²) in [6, 6.07) is 4.49. The van der Waals surface area contributed by atoms with Gasteiger partial charge in [0.2, 0.25) is 0 Å². The zero-order chi connectivity index (χ0) is 12.6. The number of thioether (sulfide) groups is 1. The number of hydrogen-bond donors (Lipinski definition) is 2. The maximum absolute atomic E-state index is 5.35. The molecular formula is C14H24N2OS. The molecular weight excluding hydrogens is 244 g/mol. The van der Waals surface area contributed by atoms with Gasteiger partial charge >= 0.3 is 0 Å². The molecule has 102 valence electrons. The van der Waals surface area contributed by atoms with E-state index in [1.165, 1.54) is 31.7 Å². The largest absolute Gasteiger partial charge is 0.469 e. The number of piperidine rings is 1. The Morgan fingerprint density at radius 2 is 2.33 bits per heavy atom. The van der Waals surface area contributed by atoms with Gasteiger partial charge in [-0.25, -0.2) is 0 Å². The molecule has 1 aliphatic heterocycles. The summed E-state index contributed by atoms with van der Waals surface area (Å²) < 4.78 is 5.35. The van der Waals surface area contributed by atoms with E-state index < -0.39 is 0 Å². The summed E-state index contributed by atoms with van der Waals surface area (Å²) in [6.07, 6.45) is 5.37. The van der Waals surface area contributed by atoms with Crippen molar-refractivity contribution in [1.82, 2.24) is 10.6 Å². The van der Waals surface area contributed by atoms with Gasteiger partial charge in [0.15, 0.2) is 0 Å². The number of rotatable bonds is 7. The van der Waals surface area contributed by atoms with E-state index >= 15 is 0 Å². The van der Waals surface area contributed by atoms with Crippen molar-refractivity contribution in [2.24, 2.45) is 0 Å². The minimum Gasteiger partial charge on any atom is -0.469 e. The van der Waals surface area contributed by atoms with Crippen molar-refractivity contribution in [3.63, 3.8) is 0 Å². The molecule has 0 aromatic carbocycles. The smallest absolute Gasteiger partial charge is 0.105 e. The van der Waals surface area contributed by atoms with Gasteiger partial charge in [0.05, 0.1) is 6.26 Å². The maximum Gasteiger partial charge on any atom is 0.105 e. The van der Waals surface area contributed by atoms with E-state index in [2.05, 4.69) is 29.3 Å². The second-order valence-electron chi connectivity index (χ2n) is 4.96. The van der Waals surface area contributed by atoms with Crippen molar-refractivity contribution in [2.45, 2.75) is 37.5 Å². The molecule has 1 saturated heterocycles. The quantitative estimate of drug-likeness (QED) is 0.744. The number of hydrogen-bond acceptors (Lipinski definition) is 4. The lowest BCUT2D eigenvalue weighted by atomic mass is 10.2. The molecule has 1 aromatic heterocycles. The molecule has 0 amide bonds. The van der Waals surface area contributed by atoms with Crippen molar-refractivity contribution in [3.05, 3.63) is 24.2 Å². The van der Waals surface area contributed by atoms with Crippen LogP contribution < -0.4 is 10.6 Å². The Morgan fingerprint density at radius 3 is 3.06 bits per heavy atom. The average Bonchev–Trinajstić information content (AvgIpc) is 2.89. The molecule has 0 aliphatic carbocycles. The van der Waals surface area contributed by atoms with Gasteiger partial charge in [-0.3, -0.25) is 0 Å². The van der Waals surface area contributed by atoms with Gasteiger partial charge in [-0.2, -0.15) is 11.8 Å². The van der Waals surface area contributed by atoms with E-state index in [0.717, 1.165) is 24.0 Å². The lowest BCUT2D eigenvalue weighted by Crippen LogP contribution is -2.32. The van der Waals surface area contributed by atoms with E-state index in [9.17, 15) is 0 Å². The van der Waals surface area contributed by atoms with Gasteiger partial charge in [-0.05, 0) is 45.0 Å². The summed E-state index contributed by atoms with van der Waals surface area (Å²) >= 11 is 2.12. The standard InChI is InChI=1S/C14H24N2OS/c1-12(11-13-3-2-9-17-13)16-8-10-18-14-4-6-15-7-5-14/h2-3,9,12,14-16H,4-8,10-11H2,1H3. The van der Waals surface area contributed by atoms with Crippen LogP contribution in [0.4, 0.5) is 0 Å². The Bertz CT molecular complexity index is 310. The average molecular weight is 268 g/mol. The highest BCUT2D eigenvalue weighted by Gasteiger charge is 2.12. The van der Waals surface area contributed by atoms with E-state index in [1.54, 1.807) is 6.26 Å². The summed E-state index contributed by atoms with van der Waals surface area (Å²) in [7, 11) is 0. The van der Waals surface area contributed by atoms with E-state index in [4.69, 9.17) is 4.42 Å². The third kappa shape index (κ3) is 5.04. The van der Waals surface area contributed by atoms with Crippen LogP contribution in [0.3, 0.4) is 0 Å². The summed E-state index contributed by atoms with van der Waals surface area (Å²) in [5.74, 6) is 2.29. The van der Waals surface area contributed by atoms with Crippen molar-refractivity contribution in [1.29, 1.82) is 0 Å². The lowest BCUT2D eigenvalue weighted by molar-refractivity contribution is 0.463. The second kappa shape index (κ2) is 7.87. The molecule has 1 unspecified atom stereocenters. The minimum absolute atomic E-state index is 0.491. The first-order valence-corrected chi connectivity index (χ1v) is 7.97. The zero-order valence-electron chi connectivity index (χ0n) is 11.2. The minimum atomic E-state index is 0.491. The van der Waals surface area contributed by atoms with Crippen LogP contribution in [-0.2, 0) is 6.42 Å². The Balaban J connectivity index is 1.52. The first kappa shape index (κ1) is 14.0. The normalized spacial score (nSPS) is 18.9. The Morgan fingerprint density at radius 1 is 1.50 bits per heavy atom. The van der Waals surface area contributed by atoms with Gasteiger partial charge in [0.1, 0.15) is 5.76 Å². The molecule has 1 atom stereocenters. The molecule has 1 fully saturated rings. The van der Waals surface area contributed by atoms with Gasteiger partial charge < -0.3 is 15.1 Å². The van der Waals surface area contributed by atoms with Gasteiger partial charge in [-0.15, -0.1) is 0 Å². The van der Waals surface area contributed by atoms with Crippen LogP contribution in [0.2, 0.25) is 0 Å². The zero-order valence-corrected chi connectivity index (χ0v) is 12.0. The molecule has 0 spiro atoms. The molecule has 2 N–H and O–H groups in total. The Kier molecular flexibility index (Phi) is 6.11. The molecule has 2 rings (SSSR count). The fraction of sp³-hybridized carbons (Fsp3) is 0.714. The third-order valence-corrected chi connectivity index (χ3v) is 4.70. The summed E-state index contributed by atoms with van der Waals surface area (Å²) in [5.41, 5.74) is 0. The Labute approximate surface area is 114 Å². The topological polar surface area (TPSA) is 37.2 Å². The molecule has 0 radical (unpaired) electrons. The molecule has 2 heterocycles. The predicted molar refractivity (Wildman–Crippen MR) is 78.2 cm³/mol. The van der Waals surface area contributed by atoms with Gasteiger partial charge in [-0.1, -0.05) is 0 Å². The van der Waals surface area contributed by atoms with E-state index in [0.29, 0.717) is 6.04 Å². The fourth-order valence-corrected chi connectivity index (χ4v) is 3.43. The second-order valence-corrected chi connectivity index (χ2v) is 6.37. The molecule has 1 aliphatic rings. The SMILES string of the molecule is CC(Cc1ccco1)NCCSC1CCNCC1. The molecule has 0 saturated carbocycles. The van der Waals surface area contributed by atoms with Crippen molar-refractivity contribution >= 4 is 11.8 Å². The van der Waals surface area contributed by atoms with E-state index in [-0.39, 0.29) is 0 Å². The van der Waals surface area contributed by atoms with Gasteiger partial charge in [0.25, 0.3) is 0 Å². The number of nitrogens with one attached hydrogen (secondary N) is 2. The monoisotopic (exact) mass is 268 g/mol. The number of furan rings is 1. The fourth-order valence-electron chi connectivity index (χ4n) is 2.30. The van der Waals surface area contributed by atoms with Crippen LogP contribution >= 0.6 is 11.8 Å². The summed E-state index contributed by atoms with van der Waals surface area (Å²) in [4.78, 5) is 0. The van der Waals surface area contributed by atoms with Gasteiger partial charge in [0, 0.05) is 30.0 Å². The maximum atomic E-state index is 5.35. The molecule has 0 bridgehead atoms. The van der Waals surface area contributed by atoms with Crippen LogP contribution in [0, 0.1) is 0 Å².